The molecule has 0 atom stereocenters. The Morgan fingerprint density at radius 3 is 2.06 bits per heavy atom. The average Bonchev–Trinajstić information content (AvgIpc) is 2.39. The number of rotatable bonds is 3. The molecule has 2 aromatic carbocycles. The fourth-order valence-corrected chi connectivity index (χ4v) is 2.15. The van der Waals surface area contributed by atoms with E-state index in [0.717, 1.165) is 0 Å². The van der Waals surface area contributed by atoms with E-state index in [1.165, 1.54) is 12.1 Å². The standard InChI is InChI=1S/C13H10O3S/c14-13(10-6-2-1-3-7-10)11-8-4-5-9-12(11)17(15)16/h1-9,17H. The minimum Gasteiger partial charge on any atom is -0.289 e. The summed E-state index contributed by atoms with van der Waals surface area (Å²) in [7, 11) is -2.76. The lowest BCUT2D eigenvalue weighted by molar-refractivity contribution is 0.103. The lowest BCUT2D eigenvalue weighted by Crippen LogP contribution is -2.04. The summed E-state index contributed by atoms with van der Waals surface area (Å²) >= 11 is 0. The van der Waals surface area contributed by atoms with Gasteiger partial charge in [0.2, 0.25) is 0 Å². The number of benzene rings is 2. The molecule has 0 spiro atoms. The summed E-state index contributed by atoms with van der Waals surface area (Å²) in [5.74, 6) is -0.277. The topological polar surface area (TPSA) is 51.2 Å². The van der Waals surface area contributed by atoms with Crippen LogP contribution in [0.5, 0.6) is 0 Å². The maximum atomic E-state index is 12.1. The fraction of sp³-hybridized carbons (Fsp3) is 0. The SMILES string of the molecule is O=C(c1ccccc1)c1ccccc1[SH](=O)=O. The first-order chi connectivity index (χ1) is 8.20. The van der Waals surface area contributed by atoms with Gasteiger partial charge in [0.1, 0.15) is 0 Å². The maximum absolute atomic E-state index is 12.1. The Labute approximate surface area is 101 Å². The molecular formula is C13H10O3S. The van der Waals surface area contributed by atoms with E-state index in [2.05, 4.69) is 0 Å². The Kier molecular flexibility index (Phi) is 3.35. The Morgan fingerprint density at radius 2 is 1.41 bits per heavy atom. The van der Waals surface area contributed by atoms with Gasteiger partial charge in [0.25, 0.3) is 0 Å². The van der Waals surface area contributed by atoms with Crippen molar-refractivity contribution >= 4 is 16.5 Å². The summed E-state index contributed by atoms with van der Waals surface area (Å²) in [5, 5.41) is 0. The zero-order chi connectivity index (χ0) is 12.3. The summed E-state index contributed by atoms with van der Waals surface area (Å²) in [5.41, 5.74) is 0.701. The Hall–Kier alpha value is -1.94. The summed E-state index contributed by atoms with van der Waals surface area (Å²) in [6.45, 7) is 0. The van der Waals surface area contributed by atoms with Crippen LogP contribution in [0.4, 0.5) is 0 Å². The predicted octanol–water partition coefficient (Wildman–Crippen LogP) is 1.89. The highest BCUT2D eigenvalue weighted by molar-refractivity contribution is 7.72. The predicted molar refractivity (Wildman–Crippen MR) is 64.9 cm³/mol. The lowest BCUT2D eigenvalue weighted by Gasteiger charge is -2.03. The molecule has 0 N–H and O–H groups in total. The number of ketones is 1. The van der Waals surface area contributed by atoms with Crippen molar-refractivity contribution in [1.29, 1.82) is 0 Å². The first-order valence-electron chi connectivity index (χ1n) is 5.03. The van der Waals surface area contributed by atoms with Gasteiger partial charge in [0, 0.05) is 11.1 Å². The van der Waals surface area contributed by atoms with Gasteiger partial charge in [0.15, 0.2) is 16.5 Å². The Morgan fingerprint density at radius 1 is 0.824 bits per heavy atom. The molecule has 0 radical (unpaired) electrons. The van der Waals surface area contributed by atoms with Crippen LogP contribution in [0.2, 0.25) is 0 Å². The third-order valence-corrected chi connectivity index (χ3v) is 3.16. The van der Waals surface area contributed by atoms with Crippen LogP contribution in [-0.4, -0.2) is 14.2 Å². The Bertz CT molecular complexity index is 608. The van der Waals surface area contributed by atoms with Crippen LogP contribution in [0.1, 0.15) is 15.9 Å². The highest BCUT2D eigenvalue weighted by Crippen LogP contribution is 2.15. The van der Waals surface area contributed by atoms with Crippen molar-refractivity contribution in [3.8, 4) is 0 Å². The average molecular weight is 246 g/mol. The summed E-state index contributed by atoms with van der Waals surface area (Å²) in [6.07, 6.45) is 0. The molecule has 0 saturated heterocycles. The van der Waals surface area contributed by atoms with Gasteiger partial charge in [-0.3, -0.25) is 4.79 Å². The molecule has 0 heterocycles. The molecule has 0 aromatic heterocycles. The summed E-state index contributed by atoms with van der Waals surface area (Å²) < 4.78 is 22.1. The first kappa shape index (κ1) is 11.5. The molecule has 2 rings (SSSR count). The number of hydrogen-bond donors (Lipinski definition) is 1. The van der Waals surface area contributed by atoms with Crippen molar-refractivity contribution in [1.82, 2.24) is 0 Å². The second-order valence-electron chi connectivity index (χ2n) is 3.47. The lowest BCUT2D eigenvalue weighted by atomic mass is 10.0. The minimum atomic E-state index is -2.76. The third-order valence-electron chi connectivity index (χ3n) is 2.38. The van der Waals surface area contributed by atoms with Crippen molar-refractivity contribution in [2.45, 2.75) is 4.90 Å². The van der Waals surface area contributed by atoms with Crippen LogP contribution in [0.15, 0.2) is 59.5 Å². The molecule has 17 heavy (non-hydrogen) atoms. The maximum Gasteiger partial charge on any atom is 0.194 e. The number of thiol groups is 1. The van der Waals surface area contributed by atoms with Crippen molar-refractivity contribution in [3.63, 3.8) is 0 Å². The van der Waals surface area contributed by atoms with Gasteiger partial charge in [0.05, 0.1) is 4.90 Å². The van der Waals surface area contributed by atoms with Crippen LogP contribution in [0.25, 0.3) is 0 Å². The minimum absolute atomic E-state index is 0.0661. The largest absolute Gasteiger partial charge is 0.289 e. The van der Waals surface area contributed by atoms with Gasteiger partial charge < -0.3 is 0 Å². The van der Waals surface area contributed by atoms with E-state index in [-0.39, 0.29) is 16.2 Å². The fourth-order valence-electron chi connectivity index (χ4n) is 1.57. The highest BCUT2D eigenvalue weighted by atomic mass is 32.2. The molecule has 0 amide bonds. The molecule has 0 aliphatic rings. The molecule has 0 aliphatic heterocycles. The van der Waals surface area contributed by atoms with E-state index >= 15 is 0 Å². The molecule has 2 aromatic rings. The van der Waals surface area contributed by atoms with Crippen molar-refractivity contribution in [2.24, 2.45) is 0 Å². The number of carbonyl (C=O) groups is 1. The first-order valence-corrected chi connectivity index (χ1v) is 6.21. The van der Waals surface area contributed by atoms with Crippen LogP contribution >= 0.6 is 0 Å². The van der Waals surface area contributed by atoms with E-state index in [4.69, 9.17) is 0 Å². The van der Waals surface area contributed by atoms with E-state index in [1.807, 2.05) is 0 Å². The van der Waals surface area contributed by atoms with Gasteiger partial charge in [-0.2, -0.15) is 0 Å². The van der Waals surface area contributed by atoms with Gasteiger partial charge in [-0.05, 0) is 12.1 Å². The molecule has 0 unspecified atom stereocenters. The molecule has 86 valence electrons. The third kappa shape index (κ3) is 2.42. The van der Waals surface area contributed by atoms with E-state index in [9.17, 15) is 13.2 Å². The second kappa shape index (κ2) is 4.93. The molecular weight excluding hydrogens is 236 g/mol. The van der Waals surface area contributed by atoms with E-state index in [1.54, 1.807) is 42.5 Å². The van der Waals surface area contributed by atoms with Gasteiger partial charge in [-0.1, -0.05) is 42.5 Å². The number of hydrogen-bond acceptors (Lipinski definition) is 3. The molecule has 0 fully saturated rings. The summed E-state index contributed by atoms with van der Waals surface area (Å²) in [6, 6.07) is 14.8. The smallest absolute Gasteiger partial charge is 0.194 e. The zero-order valence-electron chi connectivity index (χ0n) is 8.87. The zero-order valence-corrected chi connectivity index (χ0v) is 9.76. The van der Waals surface area contributed by atoms with Crippen LogP contribution < -0.4 is 0 Å². The second-order valence-corrected chi connectivity index (χ2v) is 4.47. The number of carbonyl (C=O) groups excluding carboxylic acids is 1. The molecule has 3 nitrogen and oxygen atoms in total. The Balaban J connectivity index is 2.52. The molecule has 0 aliphatic carbocycles. The normalized spacial score (nSPS) is 10.4. The van der Waals surface area contributed by atoms with E-state index < -0.39 is 10.7 Å². The monoisotopic (exact) mass is 246 g/mol. The van der Waals surface area contributed by atoms with Crippen molar-refractivity contribution in [3.05, 3.63) is 65.7 Å². The molecule has 0 bridgehead atoms. The van der Waals surface area contributed by atoms with Gasteiger partial charge in [-0.25, -0.2) is 8.42 Å². The van der Waals surface area contributed by atoms with Crippen molar-refractivity contribution < 1.29 is 13.2 Å². The highest BCUT2D eigenvalue weighted by Gasteiger charge is 2.13. The van der Waals surface area contributed by atoms with E-state index in [0.29, 0.717) is 5.56 Å². The van der Waals surface area contributed by atoms with Gasteiger partial charge in [-0.15, -0.1) is 0 Å². The van der Waals surface area contributed by atoms with Gasteiger partial charge >= 0.3 is 0 Å². The molecule has 4 heteroatoms. The van der Waals surface area contributed by atoms with Crippen molar-refractivity contribution in [2.75, 3.05) is 0 Å². The quantitative estimate of drug-likeness (QED) is 0.664. The molecule has 0 saturated carbocycles. The summed E-state index contributed by atoms with van der Waals surface area (Å²) in [4.78, 5) is 12.2. The van der Waals surface area contributed by atoms with Crippen LogP contribution in [-0.2, 0) is 10.7 Å². The van der Waals surface area contributed by atoms with Crippen LogP contribution in [0, 0.1) is 0 Å². The van der Waals surface area contributed by atoms with Crippen LogP contribution in [0.3, 0.4) is 0 Å².